The van der Waals surface area contributed by atoms with Crippen LogP contribution >= 0.6 is 11.6 Å². The molecule has 0 radical (unpaired) electrons. The van der Waals surface area contributed by atoms with E-state index in [1.807, 2.05) is 18.2 Å². The minimum Gasteiger partial charge on any atom is -0.467 e. The van der Waals surface area contributed by atoms with Crippen LogP contribution in [0.1, 0.15) is 22.2 Å². The maximum atomic E-state index is 12.4. The molecule has 138 valence electrons. The van der Waals surface area contributed by atoms with Crippen LogP contribution in [-0.4, -0.2) is 30.6 Å². The van der Waals surface area contributed by atoms with Crippen LogP contribution in [0.4, 0.5) is 11.5 Å². The predicted molar refractivity (Wildman–Crippen MR) is 103 cm³/mol. The molecular formula is C20H18ClN3O3. The molecule has 27 heavy (non-hydrogen) atoms. The predicted octanol–water partition coefficient (Wildman–Crippen LogP) is 4.16. The Balaban J connectivity index is 1.43. The van der Waals surface area contributed by atoms with Crippen LogP contribution in [0.25, 0.3) is 0 Å². The van der Waals surface area contributed by atoms with Gasteiger partial charge in [0.15, 0.2) is 0 Å². The topological polar surface area (TPSA) is 67.6 Å². The largest absolute Gasteiger partial charge is 0.467 e. The van der Waals surface area contributed by atoms with Crippen LogP contribution in [0.3, 0.4) is 0 Å². The number of hydrogen-bond donors (Lipinski definition) is 1. The summed E-state index contributed by atoms with van der Waals surface area (Å²) >= 11 is 5.94. The van der Waals surface area contributed by atoms with E-state index in [0.29, 0.717) is 29.4 Å². The van der Waals surface area contributed by atoms with Crippen LogP contribution in [0, 0.1) is 0 Å². The van der Waals surface area contributed by atoms with E-state index in [2.05, 4.69) is 15.2 Å². The number of anilines is 2. The molecule has 0 saturated carbocycles. The summed E-state index contributed by atoms with van der Waals surface area (Å²) in [6, 6.07) is 14.4. The Kier molecular flexibility index (Phi) is 5.09. The lowest BCUT2D eigenvalue weighted by atomic mass is 10.2. The Hall–Kier alpha value is -2.83. The summed E-state index contributed by atoms with van der Waals surface area (Å²) in [6.45, 7) is 1.97. The number of rotatable bonds is 4. The second-order valence-electron chi connectivity index (χ2n) is 6.19. The molecular weight excluding hydrogens is 366 g/mol. The van der Waals surface area contributed by atoms with Crippen LogP contribution < -0.4 is 10.2 Å². The number of aromatic nitrogens is 1. The first-order valence-electron chi connectivity index (χ1n) is 8.62. The SMILES string of the molecule is O=C(Nc1cccc(Cl)c1)c1ccc(N2CCOC(c3ccco3)C2)nc1. The van der Waals surface area contributed by atoms with Gasteiger partial charge < -0.3 is 19.4 Å². The molecule has 0 bridgehead atoms. The van der Waals surface area contributed by atoms with E-state index in [1.165, 1.54) is 0 Å². The maximum Gasteiger partial charge on any atom is 0.257 e. The fraction of sp³-hybridized carbons (Fsp3) is 0.200. The van der Waals surface area contributed by atoms with Crippen molar-refractivity contribution < 1.29 is 13.9 Å². The summed E-state index contributed by atoms with van der Waals surface area (Å²) in [5.41, 5.74) is 1.13. The van der Waals surface area contributed by atoms with Crippen molar-refractivity contribution in [1.82, 2.24) is 4.98 Å². The number of halogens is 1. The third-order valence-electron chi connectivity index (χ3n) is 4.34. The maximum absolute atomic E-state index is 12.4. The highest BCUT2D eigenvalue weighted by atomic mass is 35.5. The van der Waals surface area contributed by atoms with Crippen molar-refractivity contribution in [2.45, 2.75) is 6.10 Å². The summed E-state index contributed by atoms with van der Waals surface area (Å²) in [5.74, 6) is 1.37. The second-order valence-corrected chi connectivity index (χ2v) is 6.63. The van der Waals surface area contributed by atoms with Crippen LogP contribution in [0.5, 0.6) is 0 Å². The van der Waals surface area contributed by atoms with Gasteiger partial charge in [0.05, 0.1) is 25.0 Å². The molecule has 1 aliphatic rings. The van der Waals surface area contributed by atoms with Gasteiger partial charge in [0.25, 0.3) is 5.91 Å². The summed E-state index contributed by atoms with van der Waals surface area (Å²) < 4.78 is 11.2. The van der Waals surface area contributed by atoms with Gasteiger partial charge >= 0.3 is 0 Å². The number of morpholine rings is 1. The minimum atomic E-state index is -0.230. The van der Waals surface area contributed by atoms with E-state index < -0.39 is 0 Å². The van der Waals surface area contributed by atoms with Crippen LogP contribution in [-0.2, 0) is 4.74 Å². The number of nitrogens with zero attached hydrogens (tertiary/aromatic N) is 2. The lowest BCUT2D eigenvalue weighted by Crippen LogP contribution is -2.38. The summed E-state index contributed by atoms with van der Waals surface area (Å²) in [6.07, 6.45) is 3.09. The number of furan rings is 1. The zero-order valence-corrected chi connectivity index (χ0v) is 15.2. The molecule has 1 unspecified atom stereocenters. The van der Waals surface area contributed by atoms with Crippen molar-refractivity contribution in [2.75, 3.05) is 29.9 Å². The fourth-order valence-corrected chi connectivity index (χ4v) is 3.17. The molecule has 1 aliphatic heterocycles. The van der Waals surface area contributed by atoms with E-state index in [4.69, 9.17) is 20.8 Å². The molecule has 1 aromatic carbocycles. The van der Waals surface area contributed by atoms with Gasteiger partial charge in [-0.3, -0.25) is 4.79 Å². The molecule has 1 N–H and O–H groups in total. The smallest absolute Gasteiger partial charge is 0.257 e. The van der Waals surface area contributed by atoms with Gasteiger partial charge in [-0.05, 0) is 42.5 Å². The van der Waals surface area contributed by atoms with Crippen molar-refractivity contribution in [3.05, 3.63) is 77.3 Å². The van der Waals surface area contributed by atoms with Crippen LogP contribution in [0.2, 0.25) is 5.02 Å². The van der Waals surface area contributed by atoms with Gasteiger partial charge in [-0.1, -0.05) is 17.7 Å². The molecule has 4 rings (SSSR count). The number of amides is 1. The van der Waals surface area contributed by atoms with Gasteiger partial charge in [0.2, 0.25) is 0 Å². The monoisotopic (exact) mass is 383 g/mol. The van der Waals surface area contributed by atoms with Crippen LogP contribution in [0.15, 0.2) is 65.4 Å². The molecule has 2 aromatic heterocycles. The number of hydrogen-bond acceptors (Lipinski definition) is 5. The quantitative estimate of drug-likeness (QED) is 0.732. The first-order valence-corrected chi connectivity index (χ1v) is 9.00. The highest BCUT2D eigenvalue weighted by molar-refractivity contribution is 6.30. The molecule has 7 heteroatoms. The number of carbonyl (C=O) groups excluding carboxylic acids is 1. The number of ether oxygens (including phenoxy) is 1. The van der Waals surface area contributed by atoms with E-state index in [-0.39, 0.29) is 12.0 Å². The molecule has 0 spiro atoms. The fourth-order valence-electron chi connectivity index (χ4n) is 2.98. The Labute approximate surface area is 161 Å². The Morgan fingerprint density at radius 3 is 2.89 bits per heavy atom. The molecule has 6 nitrogen and oxygen atoms in total. The summed E-state index contributed by atoms with van der Waals surface area (Å²) in [5, 5.41) is 3.38. The number of benzene rings is 1. The average molecular weight is 384 g/mol. The molecule has 1 atom stereocenters. The summed E-state index contributed by atoms with van der Waals surface area (Å²) in [7, 11) is 0. The molecule has 3 heterocycles. The van der Waals surface area contributed by atoms with Gasteiger partial charge in [0.1, 0.15) is 17.7 Å². The highest BCUT2D eigenvalue weighted by Gasteiger charge is 2.24. The Bertz CT molecular complexity index is 912. The van der Waals surface area contributed by atoms with Gasteiger partial charge in [-0.2, -0.15) is 0 Å². The number of pyridine rings is 1. The van der Waals surface area contributed by atoms with Crippen molar-refractivity contribution in [3.63, 3.8) is 0 Å². The Morgan fingerprint density at radius 2 is 2.15 bits per heavy atom. The van der Waals surface area contributed by atoms with Crippen molar-refractivity contribution in [1.29, 1.82) is 0 Å². The molecule has 3 aromatic rings. The van der Waals surface area contributed by atoms with Crippen molar-refractivity contribution in [3.8, 4) is 0 Å². The van der Waals surface area contributed by atoms with E-state index in [0.717, 1.165) is 18.1 Å². The Morgan fingerprint density at radius 1 is 1.22 bits per heavy atom. The van der Waals surface area contributed by atoms with E-state index in [9.17, 15) is 4.79 Å². The normalized spacial score (nSPS) is 16.9. The van der Waals surface area contributed by atoms with Gasteiger partial charge in [-0.15, -0.1) is 0 Å². The zero-order valence-electron chi connectivity index (χ0n) is 14.5. The second kappa shape index (κ2) is 7.82. The van der Waals surface area contributed by atoms with Gasteiger partial charge in [-0.25, -0.2) is 4.98 Å². The first-order chi connectivity index (χ1) is 13.2. The molecule has 0 aliphatic carbocycles. The molecule has 1 amide bonds. The highest BCUT2D eigenvalue weighted by Crippen LogP contribution is 2.25. The average Bonchev–Trinajstić information content (AvgIpc) is 3.23. The summed E-state index contributed by atoms with van der Waals surface area (Å²) in [4.78, 5) is 19.0. The third-order valence-corrected chi connectivity index (χ3v) is 4.58. The standard InChI is InChI=1S/C20H18ClN3O3/c21-15-3-1-4-16(11-15)23-20(25)14-6-7-19(22-12-14)24-8-10-27-18(13-24)17-5-2-9-26-17/h1-7,9,11-12,18H,8,10,13H2,(H,23,25). The number of nitrogens with one attached hydrogen (secondary N) is 1. The first kappa shape index (κ1) is 17.6. The minimum absolute atomic E-state index is 0.124. The van der Waals surface area contributed by atoms with E-state index >= 15 is 0 Å². The third kappa shape index (κ3) is 4.13. The van der Waals surface area contributed by atoms with Crippen molar-refractivity contribution >= 4 is 29.0 Å². The van der Waals surface area contributed by atoms with Crippen molar-refractivity contribution in [2.24, 2.45) is 0 Å². The molecule has 1 fully saturated rings. The lowest BCUT2D eigenvalue weighted by Gasteiger charge is -2.32. The number of carbonyl (C=O) groups is 1. The van der Waals surface area contributed by atoms with E-state index in [1.54, 1.807) is 42.8 Å². The lowest BCUT2D eigenvalue weighted by molar-refractivity contribution is 0.0255. The van der Waals surface area contributed by atoms with Gasteiger partial charge in [0, 0.05) is 23.5 Å². The zero-order chi connectivity index (χ0) is 18.6. The molecule has 1 saturated heterocycles.